The van der Waals surface area contributed by atoms with Crippen LogP contribution in [-0.4, -0.2) is 34.9 Å². The number of amides is 1. The van der Waals surface area contributed by atoms with Crippen molar-refractivity contribution in [2.45, 2.75) is 231 Å². The third-order valence-electron chi connectivity index (χ3n) is 9.28. The van der Waals surface area contributed by atoms with E-state index in [4.69, 9.17) is 0 Å². The molecule has 0 rings (SSSR count). The van der Waals surface area contributed by atoms with E-state index < -0.39 is 12.1 Å². The number of aliphatic hydroxyl groups is 2. The Balaban J connectivity index is 3.50. The van der Waals surface area contributed by atoms with Crippen LogP contribution in [0.3, 0.4) is 0 Å². The zero-order chi connectivity index (χ0) is 32.2. The molecule has 1 amide bonds. The van der Waals surface area contributed by atoms with E-state index in [1.165, 1.54) is 167 Å². The standard InChI is InChI=1S/C40H79NO3/c1-3-5-7-9-11-13-15-17-18-19-20-21-22-23-24-25-27-29-31-33-35-39(43)38(37-42)41-40(44)36-34-32-30-28-26-16-14-12-10-8-6-4-2/h12,14,38-39,42-43H,3-11,13,15-37H2,1-2H3,(H,41,44)/b14-12-. The predicted octanol–water partition coefficient (Wildman–Crippen LogP) is 11.9. The molecule has 4 nitrogen and oxygen atoms in total. The summed E-state index contributed by atoms with van der Waals surface area (Å²) in [5.41, 5.74) is 0. The number of allylic oxidation sites excluding steroid dienone is 2. The number of aliphatic hydroxyl groups excluding tert-OH is 2. The summed E-state index contributed by atoms with van der Waals surface area (Å²) in [6.07, 6.45) is 44.2. The fourth-order valence-corrected chi connectivity index (χ4v) is 6.18. The van der Waals surface area contributed by atoms with E-state index in [1.807, 2.05) is 0 Å². The number of carbonyl (C=O) groups is 1. The highest BCUT2D eigenvalue weighted by Gasteiger charge is 2.19. The summed E-state index contributed by atoms with van der Waals surface area (Å²) < 4.78 is 0. The Morgan fingerprint density at radius 3 is 1.30 bits per heavy atom. The van der Waals surface area contributed by atoms with Gasteiger partial charge in [-0.05, 0) is 38.5 Å². The van der Waals surface area contributed by atoms with Gasteiger partial charge in [-0.2, -0.15) is 0 Å². The third-order valence-corrected chi connectivity index (χ3v) is 9.28. The van der Waals surface area contributed by atoms with Gasteiger partial charge in [0.25, 0.3) is 0 Å². The molecule has 0 aromatic heterocycles. The van der Waals surface area contributed by atoms with Crippen molar-refractivity contribution < 1.29 is 15.0 Å². The highest BCUT2D eigenvalue weighted by atomic mass is 16.3. The molecule has 0 aromatic carbocycles. The Bertz CT molecular complexity index is 593. The van der Waals surface area contributed by atoms with E-state index in [-0.39, 0.29) is 12.5 Å². The molecule has 0 saturated carbocycles. The summed E-state index contributed by atoms with van der Waals surface area (Å²) in [4.78, 5) is 12.3. The second kappa shape index (κ2) is 36.6. The van der Waals surface area contributed by atoms with Gasteiger partial charge < -0.3 is 15.5 Å². The number of carbonyl (C=O) groups excluding carboxylic acids is 1. The zero-order valence-electron chi connectivity index (χ0n) is 29.9. The van der Waals surface area contributed by atoms with E-state index in [0.29, 0.717) is 12.8 Å². The van der Waals surface area contributed by atoms with Gasteiger partial charge >= 0.3 is 0 Å². The van der Waals surface area contributed by atoms with Crippen LogP contribution >= 0.6 is 0 Å². The van der Waals surface area contributed by atoms with E-state index in [9.17, 15) is 15.0 Å². The lowest BCUT2D eigenvalue weighted by molar-refractivity contribution is -0.123. The zero-order valence-corrected chi connectivity index (χ0v) is 29.9. The number of nitrogens with one attached hydrogen (secondary N) is 1. The van der Waals surface area contributed by atoms with Gasteiger partial charge in [0.1, 0.15) is 0 Å². The average Bonchev–Trinajstić information content (AvgIpc) is 3.03. The Morgan fingerprint density at radius 2 is 0.864 bits per heavy atom. The van der Waals surface area contributed by atoms with Crippen LogP contribution < -0.4 is 5.32 Å². The van der Waals surface area contributed by atoms with E-state index in [0.717, 1.165) is 25.7 Å². The number of unbranched alkanes of at least 4 members (excludes halogenated alkanes) is 27. The molecule has 4 heteroatoms. The maximum Gasteiger partial charge on any atom is 0.220 e. The molecular formula is C40H79NO3. The minimum atomic E-state index is -0.658. The lowest BCUT2D eigenvalue weighted by atomic mass is 10.0. The second-order valence-corrected chi connectivity index (χ2v) is 13.7. The maximum absolute atomic E-state index is 12.3. The van der Waals surface area contributed by atoms with Crippen LogP contribution in [-0.2, 0) is 4.79 Å². The van der Waals surface area contributed by atoms with Gasteiger partial charge in [0.15, 0.2) is 0 Å². The first-order valence-electron chi connectivity index (χ1n) is 19.9. The summed E-state index contributed by atoms with van der Waals surface area (Å²) in [6, 6.07) is -0.535. The van der Waals surface area contributed by atoms with Crippen molar-refractivity contribution in [2.24, 2.45) is 0 Å². The van der Waals surface area contributed by atoms with Crippen LogP contribution in [0.4, 0.5) is 0 Å². The fraction of sp³-hybridized carbons (Fsp3) is 0.925. The predicted molar refractivity (Wildman–Crippen MR) is 193 cm³/mol. The van der Waals surface area contributed by atoms with Gasteiger partial charge in [-0.15, -0.1) is 0 Å². The van der Waals surface area contributed by atoms with Crippen molar-refractivity contribution >= 4 is 5.91 Å². The molecule has 0 saturated heterocycles. The summed E-state index contributed by atoms with van der Waals surface area (Å²) in [6.45, 7) is 4.33. The summed E-state index contributed by atoms with van der Waals surface area (Å²) in [5.74, 6) is -0.0402. The Kier molecular flexibility index (Phi) is 35.9. The Hall–Kier alpha value is -0.870. The van der Waals surface area contributed by atoms with Gasteiger partial charge in [-0.1, -0.05) is 187 Å². The topological polar surface area (TPSA) is 69.6 Å². The monoisotopic (exact) mass is 622 g/mol. The number of rotatable bonds is 36. The first-order valence-corrected chi connectivity index (χ1v) is 19.9. The molecule has 0 aliphatic heterocycles. The molecule has 0 radical (unpaired) electrons. The average molecular weight is 622 g/mol. The van der Waals surface area contributed by atoms with Crippen LogP contribution in [0.1, 0.15) is 219 Å². The molecule has 0 aromatic rings. The minimum absolute atomic E-state index is 0.0402. The SMILES string of the molecule is CCCCC/C=C\CCCCCCCC(=O)NC(CO)C(O)CCCCCCCCCCCCCCCCCCCCCC. The Labute approximate surface area is 276 Å². The number of hydrogen-bond acceptors (Lipinski definition) is 3. The molecule has 2 unspecified atom stereocenters. The molecule has 0 aliphatic carbocycles. The first kappa shape index (κ1) is 43.1. The normalized spacial score (nSPS) is 13.1. The molecule has 0 spiro atoms. The molecule has 0 aliphatic rings. The van der Waals surface area contributed by atoms with E-state index >= 15 is 0 Å². The minimum Gasteiger partial charge on any atom is -0.394 e. The van der Waals surface area contributed by atoms with Crippen LogP contribution in [0.15, 0.2) is 12.2 Å². The summed E-state index contributed by atoms with van der Waals surface area (Å²) >= 11 is 0. The lowest BCUT2D eigenvalue weighted by Gasteiger charge is -2.22. The molecular weight excluding hydrogens is 542 g/mol. The van der Waals surface area contributed by atoms with Crippen LogP contribution in [0.5, 0.6) is 0 Å². The highest BCUT2D eigenvalue weighted by molar-refractivity contribution is 5.76. The molecule has 3 N–H and O–H groups in total. The number of hydrogen-bond donors (Lipinski definition) is 3. The van der Waals surface area contributed by atoms with Crippen molar-refractivity contribution in [3.63, 3.8) is 0 Å². The van der Waals surface area contributed by atoms with Crippen molar-refractivity contribution in [1.82, 2.24) is 5.32 Å². The molecule has 262 valence electrons. The van der Waals surface area contributed by atoms with Gasteiger partial charge in [0.05, 0.1) is 18.8 Å². The largest absolute Gasteiger partial charge is 0.394 e. The van der Waals surface area contributed by atoms with Gasteiger partial charge in [-0.3, -0.25) is 4.79 Å². The highest BCUT2D eigenvalue weighted by Crippen LogP contribution is 2.16. The van der Waals surface area contributed by atoms with Gasteiger partial charge in [-0.25, -0.2) is 0 Å². The molecule has 2 atom stereocenters. The van der Waals surface area contributed by atoms with Crippen molar-refractivity contribution in [3.8, 4) is 0 Å². The van der Waals surface area contributed by atoms with Crippen LogP contribution in [0, 0.1) is 0 Å². The lowest BCUT2D eigenvalue weighted by Crippen LogP contribution is -2.45. The van der Waals surface area contributed by atoms with E-state index in [2.05, 4.69) is 31.3 Å². The fourth-order valence-electron chi connectivity index (χ4n) is 6.18. The molecule has 0 bridgehead atoms. The Morgan fingerprint density at radius 1 is 0.523 bits per heavy atom. The summed E-state index contributed by atoms with van der Waals surface area (Å²) in [7, 11) is 0. The van der Waals surface area contributed by atoms with Crippen molar-refractivity contribution in [1.29, 1.82) is 0 Å². The van der Waals surface area contributed by atoms with Crippen molar-refractivity contribution in [2.75, 3.05) is 6.61 Å². The quantitative estimate of drug-likeness (QED) is 0.0481. The van der Waals surface area contributed by atoms with Crippen LogP contribution in [0.2, 0.25) is 0 Å². The maximum atomic E-state index is 12.3. The first-order chi connectivity index (χ1) is 21.7. The van der Waals surface area contributed by atoms with Gasteiger partial charge in [0.2, 0.25) is 5.91 Å². The van der Waals surface area contributed by atoms with Crippen LogP contribution in [0.25, 0.3) is 0 Å². The second-order valence-electron chi connectivity index (χ2n) is 13.7. The van der Waals surface area contributed by atoms with E-state index in [1.54, 1.807) is 0 Å². The third kappa shape index (κ3) is 32.5. The molecule has 0 heterocycles. The summed E-state index contributed by atoms with van der Waals surface area (Å²) in [5, 5.41) is 23.1. The smallest absolute Gasteiger partial charge is 0.220 e. The van der Waals surface area contributed by atoms with Gasteiger partial charge in [0, 0.05) is 6.42 Å². The molecule has 44 heavy (non-hydrogen) atoms. The molecule has 0 fully saturated rings. The van der Waals surface area contributed by atoms with Crippen molar-refractivity contribution in [3.05, 3.63) is 12.2 Å².